The van der Waals surface area contributed by atoms with E-state index >= 15 is 0 Å². The number of hydrogen-bond donors (Lipinski definition) is 1. The highest BCUT2D eigenvalue weighted by molar-refractivity contribution is 5.98. The SMILES string of the molecule is CC(=O)c1ccc2cc(C(F)(F)CC(=O)O)ccc2c1. The molecule has 2 aromatic carbocycles. The molecule has 0 radical (unpaired) electrons. The minimum Gasteiger partial charge on any atom is -0.481 e. The third-order valence-corrected chi connectivity index (χ3v) is 3.04. The molecule has 0 heterocycles. The summed E-state index contributed by atoms with van der Waals surface area (Å²) in [5.74, 6) is -5.08. The van der Waals surface area contributed by atoms with Crippen molar-refractivity contribution in [3.05, 3.63) is 47.5 Å². The van der Waals surface area contributed by atoms with Gasteiger partial charge < -0.3 is 5.11 Å². The number of carboxylic acid groups (broad SMARTS) is 1. The molecule has 0 amide bonds. The Morgan fingerprint density at radius 2 is 1.70 bits per heavy atom. The zero-order valence-corrected chi connectivity index (χ0v) is 10.7. The lowest BCUT2D eigenvalue weighted by molar-refractivity contribution is -0.145. The highest BCUT2D eigenvalue weighted by atomic mass is 19.3. The van der Waals surface area contributed by atoms with E-state index in [9.17, 15) is 18.4 Å². The Bertz CT molecular complexity index is 693. The van der Waals surface area contributed by atoms with Gasteiger partial charge in [-0.25, -0.2) is 8.78 Å². The fourth-order valence-corrected chi connectivity index (χ4v) is 1.98. The quantitative estimate of drug-likeness (QED) is 0.869. The Labute approximate surface area is 113 Å². The molecule has 0 fully saturated rings. The Kier molecular flexibility index (Phi) is 3.53. The van der Waals surface area contributed by atoms with Crippen LogP contribution in [-0.4, -0.2) is 16.9 Å². The molecule has 0 aliphatic carbocycles. The van der Waals surface area contributed by atoms with Crippen LogP contribution in [0.3, 0.4) is 0 Å². The minimum absolute atomic E-state index is 0.104. The summed E-state index contributed by atoms with van der Waals surface area (Å²) in [6, 6.07) is 8.66. The van der Waals surface area contributed by atoms with Gasteiger partial charge in [-0.3, -0.25) is 9.59 Å². The van der Waals surface area contributed by atoms with Crippen molar-refractivity contribution in [2.45, 2.75) is 19.3 Å². The van der Waals surface area contributed by atoms with E-state index in [1.165, 1.54) is 25.1 Å². The van der Waals surface area contributed by atoms with Crippen molar-refractivity contribution in [2.75, 3.05) is 0 Å². The molecule has 2 aromatic rings. The molecule has 0 saturated heterocycles. The van der Waals surface area contributed by atoms with Crippen molar-refractivity contribution in [1.82, 2.24) is 0 Å². The molecule has 104 valence electrons. The van der Waals surface area contributed by atoms with Gasteiger partial charge in [-0.1, -0.05) is 24.3 Å². The van der Waals surface area contributed by atoms with Crippen molar-refractivity contribution < 1.29 is 23.5 Å². The fourth-order valence-electron chi connectivity index (χ4n) is 1.98. The fraction of sp³-hybridized carbons (Fsp3) is 0.200. The van der Waals surface area contributed by atoms with E-state index < -0.39 is 18.3 Å². The predicted octanol–water partition coefficient (Wildman–Crippen LogP) is 3.61. The maximum Gasteiger partial charge on any atom is 0.309 e. The van der Waals surface area contributed by atoms with Crippen LogP contribution in [0.5, 0.6) is 0 Å². The molecular weight excluding hydrogens is 266 g/mol. The van der Waals surface area contributed by atoms with Gasteiger partial charge in [-0.05, 0) is 29.8 Å². The molecule has 1 N–H and O–H groups in total. The minimum atomic E-state index is -3.42. The summed E-state index contributed by atoms with van der Waals surface area (Å²) >= 11 is 0. The predicted molar refractivity (Wildman–Crippen MR) is 70.1 cm³/mol. The van der Waals surface area contributed by atoms with Crippen LogP contribution in [0.4, 0.5) is 8.78 Å². The van der Waals surface area contributed by atoms with E-state index in [1.54, 1.807) is 18.2 Å². The highest BCUT2D eigenvalue weighted by Crippen LogP contribution is 2.33. The van der Waals surface area contributed by atoms with E-state index in [2.05, 4.69) is 0 Å². The third-order valence-electron chi connectivity index (χ3n) is 3.04. The van der Waals surface area contributed by atoms with E-state index in [0.717, 1.165) is 0 Å². The number of alkyl halides is 2. The van der Waals surface area contributed by atoms with Crippen molar-refractivity contribution in [1.29, 1.82) is 0 Å². The van der Waals surface area contributed by atoms with Crippen LogP contribution in [0.2, 0.25) is 0 Å². The van der Waals surface area contributed by atoms with Gasteiger partial charge in [0, 0.05) is 11.1 Å². The molecule has 5 heteroatoms. The van der Waals surface area contributed by atoms with Gasteiger partial charge in [0.15, 0.2) is 5.78 Å². The first-order valence-electron chi connectivity index (χ1n) is 5.94. The third kappa shape index (κ3) is 2.82. The number of rotatable bonds is 4. The van der Waals surface area contributed by atoms with Gasteiger partial charge >= 0.3 is 5.97 Å². The van der Waals surface area contributed by atoms with E-state index in [1.807, 2.05) is 0 Å². The summed E-state index contributed by atoms with van der Waals surface area (Å²) in [4.78, 5) is 21.7. The van der Waals surface area contributed by atoms with Gasteiger partial charge in [0.25, 0.3) is 5.92 Å². The summed E-state index contributed by atoms with van der Waals surface area (Å²) in [6.07, 6.45) is -1.25. The van der Waals surface area contributed by atoms with E-state index in [4.69, 9.17) is 5.11 Å². The van der Waals surface area contributed by atoms with Crippen LogP contribution in [0, 0.1) is 0 Å². The average Bonchev–Trinajstić information content (AvgIpc) is 2.35. The van der Waals surface area contributed by atoms with Crippen LogP contribution in [0.1, 0.15) is 29.3 Å². The zero-order chi connectivity index (χ0) is 14.9. The smallest absolute Gasteiger partial charge is 0.309 e. The molecule has 0 atom stereocenters. The number of ketones is 1. The topological polar surface area (TPSA) is 54.4 Å². The Morgan fingerprint density at radius 1 is 1.10 bits per heavy atom. The van der Waals surface area contributed by atoms with Crippen molar-refractivity contribution in [2.24, 2.45) is 0 Å². The summed E-state index contributed by atoms with van der Waals surface area (Å²) in [7, 11) is 0. The van der Waals surface area contributed by atoms with Gasteiger partial charge in [0.1, 0.15) is 6.42 Å². The molecule has 0 aliphatic heterocycles. The molecule has 2 rings (SSSR count). The number of carboxylic acids is 1. The molecular formula is C15H12F2O3. The maximum atomic E-state index is 13.7. The van der Waals surface area contributed by atoms with Crippen LogP contribution >= 0.6 is 0 Å². The summed E-state index contributed by atoms with van der Waals surface area (Å²) in [5, 5.41) is 9.70. The van der Waals surface area contributed by atoms with Gasteiger partial charge in [-0.15, -0.1) is 0 Å². The van der Waals surface area contributed by atoms with Crippen molar-refractivity contribution >= 4 is 22.5 Å². The van der Waals surface area contributed by atoms with Gasteiger partial charge in [0.05, 0.1) is 0 Å². The molecule has 0 unspecified atom stereocenters. The maximum absolute atomic E-state index is 13.7. The largest absolute Gasteiger partial charge is 0.481 e. The summed E-state index contributed by atoms with van der Waals surface area (Å²) in [5.41, 5.74) is 0.158. The van der Waals surface area contributed by atoms with Gasteiger partial charge in [-0.2, -0.15) is 0 Å². The molecule has 0 aliphatic rings. The highest BCUT2D eigenvalue weighted by Gasteiger charge is 2.34. The van der Waals surface area contributed by atoms with Crippen LogP contribution in [0.15, 0.2) is 36.4 Å². The van der Waals surface area contributed by atoms with Crippen LogP contribution in [-0.2, 0) is 10.7 Å². The molecule has 3 nitrogen and oxygen atoms in total. The van der Waals surface area contributed by atoms with Crippen molar-refractivity contribution in [3.63, 3.8) is 0 Å². The number of carbonyl (C=O) groups excluding carboxylic acids is 1. The Morgan fingerprint density at radius 3 is 2.30 bits per heavy atom. The Hall–Kier alpha value is -2.30. The first-order valence-corrected chi connectivity index (χ1v) is 5.94. The van der Waals surface area contributed by atoms with Crippen LogP contribution in [0.25, 0.3) is 10.8 Å². The lowest BCUT2D eigenvalue weighted by atomic mass is 9.99. The number of Topliss-reactive ketones (excluding diaryl/α,β-unsaturated/α-hetero) is 1. The van der Waals surface area contributed by atoms with E-state index in [-0.39, 0.29) is 11.3 Å². The molecule has 0 bridgehead atoms. The standard InChI is InChI=1S/C15H12F2O3/c1-9(18)10-2-3-12-7-13(5-4-11(12)6-10)15(16,17)8-14(19)20/h2-7H,8H2,1H3,(H,19,20). The summed E-state index contributed by atoms with van der Waals surface area (Å²) in [6.45, 7) is 1.43. The number of hydrogen-bond acceptors (Lipinski definition) is 2. The first-order chi connectivity index (χ1) is 9.29. The Balaban J connectivity index is 2.47. The molecule has 0 aromatic heterocycles. The first kappa shape index (κ1) is 14.1. The molecule has 20 heavy (non-hydrogen) atoms. The average molecular weight is 278 g/mol. The number of benzene rings is 2. The monoisotopic (exact) mass is 278 g/mol. The zero-order valence-electron chi connectivity index (χ0n) is 10.7. The molecule has 0 saturated carbocycles. The van der Waals surface area contributed by atoms with Gasteiger partial charge in [0.2, 0.25) is 0 Å². The van der Waals surface area contributed by atoms with Crippen molar-refractivity contribution in [3.8, 4) is 0 Å². The lowest BCUT2D eigenvalue weighted by Gasteiger charge is -2.15. The number of fused-ring (bicyclic) bond motifs is 1. The second kappa shape index (κ2) is 5.00. The van der Waals surface area contributed by atoms with E-state index in [0.29, 0.717) is 16.3 Å². The normalized spacial score (nSPS) is 11.6. The second-order valence-electron chi connectivity index (χ2n) is 4.61. The lowest BCUT2D eigenvalue weighted by Crippen LogP contribution is -2.18. The molecule has 0 spiro atoms. The summed E-state index contributed by atoms with van der Waals surface area (Å²) < 4.78 is 27.4. The number of aliphatic carboxylic acids is 1. The second-order valence-corrected chi connectivity index (χ2v) is 4.61. The number of carbonyl (C=O) groups is 2. The van der Waals surface area contributed by atoms with Crippen LogP contribution < -0.4 is 0 Å². The number of halogens is 2.